The molecule has 0 amide bonds. The highest BCUT2D eigenvalue weighted by atomic mass is 16.5. The second kappa shape index (κ2) is 4.46. The molecule has 3 N–H and O–H groups in total. The molecule has 0 atom stereocenters. The Kier molecular flexibility index (Phi) is 2.66. The molecule has 3 aromatic heterocycles. The maximum absolute atomic E-state index is 5.47. The first-order valence-corrected chi connectivity index (χ1v) is 5.56. The van der Waals surface area contributed by atoms with E-state index in [1.54, 1.807) is 12.5 Å². The lowest BCUT2D eigenvalue weighted by molar-refractivity contribution is 0.431. The molecule has 0 spiro atoms. The molecule has 0 unspecified atom stereocenters. The van der Waals surface area contributed by atoms with Gasteiger partial charge < -0.3 is 19.8 Å². The number of aromatic amines is 1. The van der Waals surface area contributed by atoms with Crippen LogP contribution in [0.1, 0.15) is 0 Å². The van der Waals surface area contributed by atoms with Crippen LogP contribution in [-0.2, 0) is 6.54 Å². The molecular formula is C11H12N6O. The van der Waals surface area contributed by atoms with Gasteiger partial charge in [0.2, 0.25) is 5.82 Å². The van der Waals surface area contributed by atoms with E-state index in [9.17, 15) is 0 Å². The quantitative estimate of drug-likeness (QED) is 0.710. The lowest BCUT2D eigenvalue weighted by Crippen LogP contribution is -2.07. The van der Waals surface area contributed by atoms with Gasteiger partial charge in [-0.15, -0.1) is 0 Å². The Morgan fingerprint density at radius 2 is 2.39 bits per heavy atom. The lowest BCUT2D eigenvalue weighted by atomic mass is 10.4. The number of imidazole rings is 1. The van der Waals surface area contributed by atoms with Crippen LogP contribution in [-0.4, -0.2) is 31.2 Å². The fourth-order valence-corrected chi connectivity index (χ4v) is 1.65. The summed E-state index contributed by atoms with van der Waals surface area (Å²) < 4.78 is 7.06. The van der Waals surface area contributed by atoms with E-state index in [0.717, 1.165) is 5.69 Å². The first-order chi connectivity index (χ1) is 8.86. The molecule has 0 bridgehead atoms. The van der Waals surface area contributed by atoms with E-state index in [1.165, 1.54) is 0 Å². The van der Waals surface area contributed by atoms with Crippen LogP contribution >= 0.6 is 0 Å². The SMILES string of the molecule is NCCn1cnc(-c2nc(-c3ccc[nH]3)no2)c1. The van der Waals surface area contributed by atoms with Crippen LogP contribution < -0.4 is 5.73 Å². The largest absolute Gasteiger partial charge is 0.359 e. The smallest absolute Gasteiger partial charge is 0.278 e. The van der Waals surface area contributed by atoms with E-state index in [4.69, 9.17) is 10.3 Å². The van der Waals surface area contributed by atoms with E-state index in [-0.39, 0.29) is 0 Å². The molecule has 0 aliphatic rings. The molecule has 3 aromatic rings. The molecule has 0 fully saturated rings. The molecule has 0 radical (unpaired) electrons. The molecular weight excluding hydrogens is 232 g/mol. The Bertz CT molecular complexity index is 624. The number of nitrogens with two attached hydrogens (primary N) is 1. The van der Waals surface area contributed by atoms with Crippen LogP contribution in [0.5, 0.6) is 0 Å². The summed E-state index contributed by atoms with van der Waals surface area (Å²) in [6.07, 6.45) is 5.33. The van der Waals surface area contributed by atoms with Crippen molar-refractivity contribution in [1.82, 2.24) is 24.7 Å². The Labute approximate surface area is 103 Å². The molecule has 7 nitrogen and oxygen atoms in total. The van der Waals surface area contributed by atoms with Gasteiger partial charge >= 0.3 is 0 Å². The maximum Gasteiger partial charge on any atom is 0.278 e. The zero-order valence-electron chi connectivity index (χ0n) is 9.58. The second-order valence-corrected chi connectivity index (χ2v) is 3.79. The molecule has 0 aliphatic heterocycles. The molecule has 0 saturated carbocycles. The van der Waals surface area contributed by atoms with Gasteiger partial charge in [0.25, 0.3) is 5.89 Å². The van der Waals surface area contributed by atoms with Crippen LogP contribution in [0.25, 0.3) is 23.1 Å². The summed E-state index contributed by atoms with van der Waals surface area (Å²) in [6, 6.07) is 3.75. The highest BCUT2D eigenvalue weighted by molar-refractivity contribution is 5.53. The zero-order chi connectivity index (χ0) is 12.4. The van der Waals surface area contributed by atoms with Gasteiger partial charge in [0, 0.05) is 25.5 Å². The third kappa shape index (κ3) is 1.91. The van der Waals surface area contributed by atoms with Crippen molar-refractivity contribution in [3.63, 3.8) is 0 Å². The second-order valence-electron chi connectivity index (χ2n) is 3.79. The van der Waals surface area contributed by atoms with Crippen molar-refractivity contribution >= 4 is 0 Å². The monoisotopic (exact) mass is 244 g/mol. The average Bonchev–Trinajstić information content (AvgIpc) is 3.10. The minimum Gasteiger partial charge on any atom is -0.359 e. The summed E-state index contributed by atoms with van der Waals surface area (Å²) in [6.45, 7) is 1.28. The topological polar surface area (TPSA) is 98.6 Å². The van der Waals surface area contributed by atoms with Crippen LogP contribution in [0.2, 0.25) is 0 Å². The van der Waals surface area contributed by atoms with Crippen molar-refractivity contribution in [2.45, 2.75) is 6.54 Å². The molecule has 0 aliphatic carbocycles. The summed E-state index contributed by atoms with van der Waals surface area (Å²) >= 11 is 0. The summed E-state index contributed by atoms with van der Waals surface area (Å²) in [5.74, 6) is 0.916. The molecule has 0 saturated heterocycles. The Morgan fingerprint density at radius 1 is 1.44 bits per heavy atom. The third-order valence-corrected chi connectivity index (χ3v) is 2.50. The average molecular weight is 244 g/mol. The first kappa shape index (κ1) is 10.7. The number of hydrogen-bond donors (Lipinski definition) is 2. The van der Waals surface area contributed by atoms with Crippen molar-refractivity contribution in [3.05, 3.63) is 30.9 Å². The van der Waals surface area contributed by atoms with E-state index in [2.05, 4.69) is 20.1 Å². The zero-order valence-corrected chi connectivity index (χ0v) is 9.58. The van der Waals surface area contributed by atoms with Crippen molar-refractivity contribution in [3.8, 4) is 23.1 Å². The number of nitrogens with one attached hydrogen (secondary N) is 1. The van der Waals surface area contributed by atoms with Crippen LogP contribution in [0.4, 0.5) is 0 Å². The van der Waals surface area contributed by atoms with Crippen molar-refractivity contribution in [2.75, 3.05) is 6.54 Å². The number of nitrogens with zero attached hydrogens (tertiary/aromatic N) is 4. The number of H-pyrrole nitrogens is 1. The van der Waals surface area contributed by atoms with Crippen LogP contribution in [0.15, 0.2) is 35.4 Å². The van der Waals surface area contributed by atoms with E-state index < -0.39 is 0 Å². The van der Waals surface area contributed by atoms with Crippen LogP contribution in [0.3, 0.4) is 0 Å². The molecule has 3 rings (SSSR count). The van der Waals surface area contributed by atoms with Gasteiger partial charge in [0.05, 0.1) is 12.0 Å². The van der Waals surface area contributed by atoms with Crippen LogP contribution in [0, 0.1) is 0 Å². The lowest BCUT2D eigenvalue weighted by Gasteiger charge is -1.94. The normalized spacial score (nSPS) is 10.9. The first-order valence-electron chi connectivity index (χ1n) is 5.56. The maximum atomic E-state index is 5.47. The fraction of sp³-hybridized carbons (Fsp3) is 0.182. The third-order valence-electron chi connectivity index (χ3n) is 2.50. The number of rotatable bonds is 4. The van der Waals surface area contributed by atoms with E-state index in [1.807, 2.05) is 22.9 Å². The standard InChI is InChI=1S/C11H12N6O/c12-3-5-17-6-9(14-7-17)11-15-10(16-18-11)8-2-1-4-13-8/h1-2,4,6-7,13H,3,5,12H2. The fourth-order valence-electron chi connectivity index (χ4n) is 1.65. The summed E-state index contributed by atoms with van der Waals surface area (Å²) in [5.41, 5.74) is 6.93. The van der Waals surface area contributed by atoms with Gasteiger partial charge in [-0.2, -0.15) is 4.98 Å². The van der Waals surface area contributed by atoms with Gasteiger partial charge in [-0.05, 0) is 12.1 Å². The molecule has 3 heterocycles. The van der Waals surface area contributed by atoms with E-state index in [0.29, 0.717) is 30.5 Å². The molecule has 7 heteroatoms. The molecule has 92 valence electrons. The Balaban J connectivity index is 1.88. The van der Waals surface area contributed by atoms with Gasteiger partial charge in [0.15, 0.2) is 0 Å². The Hall–Kier alpha value is -2.41. The summed E-state index contributed by atoms with van der Waals surface area (Å²) in [7, 11) is 0. The predicted octanol–water partition coefficient (Wildman–Crippen LogP) is 0.887. The van der Waals surface area contributed by atoms with Gasteiger partial charge in [-0.25, -0.2) is 4.98 Å². The molecule has 0 aromatic carbocycles. The Morgan fingerprint density at radius 3 is 3.17 bits per heavy atom. The predicted molar refractivity (Wildman–Crippen MR) is 64.4 cm³/mol. The summed E-state index contributed by atoms with van der Waals surface area (Å²) in [5, 5.41) is 3.90. The van der Waals surface area contributed by atoms with Crippen molar-refractivity contribution in [2.24, 2.45) is 5.73 Å². The van der Waals surface area contributed by atoms with Gasteiger partial charge in [-0.3, -0.25) is 0 Å². The van der Waals surface area contributed by atoms with Crippen molar-refractivity contribution in [1.29, 1.82) is 0 Å². The molecule has 18 heavy (non-hydrogen) atoms. The van der Waals surface area contributed by atoms with Gasteiger partial charge in [0.1, 0.15) is 5.69 Å². The van der Waals surface area contributed by atoms with Crippen molar-refractivity contribution < 1.29 is 4.52 Å². The van der Waals surface area contributed by atoms with Gasteiger partial charge in [-0.1, -0.05) is 5.16 Å². The number of hydrogen-bond acceptors (Lipinski definition) is 5. The van der Waals surface area contributed by atoms with E-state index >= 15 is 0 Å². The highest BCUT2D eigenvalue weighted by Crippen LogP contribution is 2.19. The number of aromatic nitrogens is 5. The minimum atomic E-state index is 0.398. The minimum absolute atomic E-state index is 0.398. The summed E-state index contributed by atoms with van der Waals surface area (Å²) in [4.78, 5) is 11.5. The highest BCUT2D eigenvalue weighted by Gasteiger charge is 2.13.